The summed E-state index contributed by atoms with van der Waals surface area (Å²) in [5, 5.41) is 2.40. The van der Waals surface area contributed by atoms with E-state index < -0.39 is 5.60 Å². The Kier molecular flexibility index (Phi) is 6.22. The van der Waals surface area contributed by atoms with E-state index in [9.17, 15) is 0 Å². The molecule has 0 N–H and O–H groups in total. The lowest BCUT2D eigenvalue weighted by atomic mass is 9.76. The number of fused-ring (bicyclic) bond motifs is 11. The molecule has 6 aromatic rings. The largest absolute Gasteiger partial charge is 0.472 e. The van der Waals surface area contributed by atoms with E-state index in [0.717, 1.165) is 48.6 Å². The van der Waals surface area contributed by atoms with Gasteiger partial charge in [-0.1, -0.05) is 131 Å². The first-order valence-electron chi connectivity index (χ1n) is 18.0. The van der Waals surface area contributed by atoms with Crippen LogP contribution in [0.4, 0.5) is 5.69 Å². The number of nitrogens with zero attached hydrogens (tertiary/aromatic N) is 1. The first-order valence-corrected chi connectivity index (χ1v) is 18.0. The summed E-state index contributed by atoms with van der Waals surface area (Å²) < 4.78 is 13.3. The highest BCUT2D eigenvalue weighted by Gasteiger charge is 2.45. The van der Waals surface area contributed by atoms with Crippen molar-refractivity contribution >= 4 is 22.5 Å². The minimum Gasteiger partial charge on any atom is -0.472 e. The monoisotopic (exact) mass is 651 g/mol. The fourth-order valence-electron chi connectivity index (χ4n) is 9.56. The van der Waals surface area contributed by atoms with Crippen LogP contribution < -0.4 is 9.64 Å². The van der Waals surface area contributed by atoms with E-state index in [4.69, 9.17) is 9.47 Å². The number of ether oxygens (including phenoxy) is 2. The zero-order valence-electron chi connectivity index (χ0n) is 29.2. The summed E-state index contributed by atoms with van der Waals surface area (Å²) in [6, 6.07) is 42.8. The van der Waals surface area contributed by atoms with Crippen LogP contribution in [0.5, 0.6) is 5.75 Å². The second-order valence-electron chi connectivity index (χ2n) is 15.5. The molecule has 0 saturated carbocycles. The summed E-state index contributed by atoms with van der Waals surface area (Å²) in [7, 11) is 0. The maximum atomic E-state index is 7.69. The third-order valence-electron chi connectivity index (χ3n) is 12.1. The second-order valence-corrected chi connectivity index (χ2v) is 15.5. The minimum absolute atomic E-state index is 0.122. The molecule has 1 saturated heterocycles. The summed E-state index contributed by atoms with van der Waals surface area (Å²) in [6.45, 7) is 12.8. The quantitative estimate of drug-likeness (QED) is 0.190. The van der Waals surface area contributed by atoms with Gasteiger partial charge in [-0.15, -0.1) is 0 Å². The van der Waals surface area contributed by atoms with E-state index >= 15 is 0 Å². The van der Waals surface area contributed by atoms with Crippen LogP contribution in [0.15, 0.2) is 121 Å². The predicted molar refractivity (Wildman–Crippen MR) is 205 cm³/mol. The Morgan fingerprint density at radius 3 is 1.96 bits per heavy atom. The molecule has 246 valence electrons. The van der Waals surface area contributed by atoms with Gasteiger partial charge in [0, 0.05) is 51.7 Å². The summed E-state index contributed by atoms with van der Waals surface area (Å²) >= 11 is 0. The highest BCUT2D eigenvalue weighted by atomic mass is 16.5. The molecule has 0 aromatic heterocycles. The lowest BCUT2D eigenvalue weighted by molar-refractivity contribution is 0.122. The van der Waals surface area contributed by atoms with Crippen LogP contribution in [0, 0.1) is 0 Å². The van der Waals surface area contributed by atoms with Crippen molar-refractivity contribution in [2.24, 2.45) is 0 Å². The van der Waals surface area contributed by atoms with Crippen molar-refractivity contribution in [3.63, 3.8) is 0 Å². The zero-order valence-corrected chi connectivity index (χ0v) is 29.2. The maximum Gasteiger partial charge on any atom is 0.178 e. The van der Waals surface area contributed by atoms with Crippen LogP contribution in [-0.2, 0) is 21.2 Å². The van der Waals surface area contributed by atoms with Crippen molar-refractivity contribution in [1.29, 1.82) is 0 Å². The number of hydrogen-bond donors (Lipinski definition) is 0. The van der Waals surface area contributed by atoms with E-state index in [1.54, 1.807) is 0 Å². The Morgan fingerprint density at radius 2 is 1.20 bits per heavy atom. The van der Waals surface area contributed by atoms with Crippen molar-refractivity contribution in [2.75, 3.05) is 31.2 Å². The number of morpholine rings is 1. The molecule has 2 aliphatic carbocycles. The number of rotatable bonds is 3. The average molecular weight is 652 g/mol. The van der Waals surface area contributed by atoms with Gasteiger partial charge in [0.15, 0.2) is 5.60 Å². The standard InChI is InChI=1S/C47H41NO2/c1-45(2)39-15-9-7-11-33(39)34-22-19-31(29-41(34)45)47(30-17-20-32(21-18-30)48-25-27-49-28-26-48)24-23-38-43-42(35-12-5-6-13-36(35)44(38)50-47)37-14-8-10-16-40(37)46(43,3)4/h5-24,29H,25-28H2,1-4H3. The van der Waals surface area contributed by atoms with Gasteiger partial charge in [0.1, 0.15) is 5.75 Å². The second kappa shape index (κ2) is 10.4. The van der Waals surface area contributed by atoms with Crippen molar-refractivity contribution in [2.45, 2.75) is 44.1 Å². The lowest BCUT2D eigenvalue weighted by Crippen LogP contribution is -2.37. The molecule has 6 aromatic carbocycles. The molecule has 10 rings (SSSR count). The van der Waals surface area contributed by atoms with Crippen LogP contribution in [-0.4, -0.2) is 26.3 Å². The third kappa shape index (κ3) is 3.96. The highest BCUT2D eigenvalue weighted by molar-refractivity contribution is 6.08. The Hall–Kier alpha value is -5.12. The van der Waals surface area contributed by atoms with Crippen molar-refractivity contribution in [3.8, 4) is 28.0 Å². The van der Waals surface area contributed by atoms with E-state index in [1.165, 1.54) is 61.1 Å². The normalized spacial score (nSPS) is 20.4. The SMILES string of the molecule is CC1(C)c2ccccc2-c2ccc(C3(c4ccc(N5CCOCC5)cc4)C=Cc4c5c(c6ccccc6c4O3)-c3ccccc3C5(C)C)cc21. The summed E-state index contributed by atoms with van der Waals surface area (Å²) in [5.74, 6) is 0.961. The molecule has 0 bridgehead atoms. The van der Waals surface area contributed by atoms with E-state index in [-0.39, 0.29) is 10.8 Å². The Balaban J connectivity index is 1.21. The van der Waals surface area contributed by atoms with Crippen molar-refractivity contribution < 1.29 is 9.47 Å². The molecule has 1 unspecified atom stereocenters. The van der Waals surface area contributed by atoms with Gasteiger partial charge in [-0.05, 0) is 74.2 Å². The molecule has 3 heteroatoms. The molecule has 1 fully saturated rings. The first kappa shape index (κ1) is 29.8. The van der Waals surface area contributed by atoms with Gasteiger partial charge >= 0.3 is 0 Å². The topological polar surface area (TPSA) is 21.7 Å². The number of benzene rings is 6. The Labute approximate surface area is 294 Å². The molecule has 2 heterocycles. The number of anilines is 1. The predicted octanol–water partition coefficient (Wildman–Crippen LogP) is 10.6. The van der Waals surface area contributed by atoms with Gasteiger partial charge in [0.2, 0.25) is 0 Å². The first-order chi connectivity index (χ1) is 24.3. The van der Waals surface area contributed by atoms with Crippen LogP contribution in [0.2, 0.25) is 0 Å². The van der Waals surface area contributed by atoms with Gasteiger partial charge in [0.05, 0.1) is 13.2 Å². The molecule has 1 atom stereocenters. The van der Waals surface area contributed by atoms with Crippen LogP contribution in [0.25, 0.3) is 39.1 Å². The van der Waals surface area contributed by atoms with E-state index in [1.807, 2.05) is 0 Å². The van der Waals surface area contributed by atoms with E-state index in [2.05, 4.69) is 160 Å². The minimum atomic E-state index is -0.830. The fraction of sp³-hybridized carbons (Fsp3) is 0.234. The third-order valence-corrected chi connectivity index (χ3v) is 12.1. The Morgan fingerprint density at radius 1 is 0.580 bits per heavy atom. The van der Waals surface area contributed by atoms with Crippen LogP contribution in [0.1, 0.15) is 66.6 Å². The average Bonchev–Trinajstić information content (AvgIpc) is 3.55. The molecule has 0 spiro atoms. The molecular weight excluding hydrogens is 611 g/mol. The van der Waals surface area contributed by atoms with Gasteiger partial charge in [-0.3, -0.25) is 0 Å². The highest BCUT2D eigenvalue weighted by Crippen LogP contribution is 2.58. The summed E-state index contributed by atoms with van der Waals surface area (Å²) in [4.78, 5) is 2.42. The van der Waals surface area contributed by atoms with Gasteiger partial charge in [0.25, 0.3) is 0 Å². The van der Waals surface area contributed by atoms with Gasteiger partial charge in [-0.2, -0.15) is 0 Å². The number of hydrogen-bond acceptors (Lipinski definition) is 3. The molecule has 4 aliphatic rings. The molecular formula is C47H41NO2. The van der Waals surface area contributed by atoms with Crippen LogP contribution in [0.3, 0.4) is 0 Å². The summed E-state index contributed by atoms with van der Waals surface area (Å²) in [6.07, 6.45) is 4.71. The van der Waals surface area contributed by atoms with Gasteiger partial charge in [-0.25, -0.2) is 0 Å². The fourth-order valence-corrected chi connectivity index (χ4v) is 9.56. The molecule has 50 heavy (non-hydrogen) atoms. The van der Waals surface area contributed by atoms with Gasteiger partial charge < -0.3 is 14.4 Å². The molecule has 0 amide bonds. The van der Waals surface area contributed by atoms with Crippen LogP contribution >= 0.6 is 0 Å². The maximum absolute atomic E-state index is 7.69. The van der Waals surface area contributed by atoms with E-state index in [0.29, 0.717) is 0 Å². The molecule has 3 nitrogen and oxygen atoms in total. The summed E-state index contributed by atoms with van der Waals surface area (Å²) in [5.41, 5.74) is 14.3. The van der Waals surface area contributed by atoms with Crippen molar-refractivity contribution in [1.82, 2.24) is 0 Å². The smallest absolute Gasteiger partial charge is 0.178 e. The lowest BCUT2D eigenvalue weighted by Gasteiger charge is -2.39. The molecule has 0 radical (unpaired) electrons. The van der Waals surface area contributed by atoms with Crippen molar-refractivity contribution in [3.05, 3.63) is 160 Å². The molecule has 2 aliphatic heterocycles. The Bertz CT molecular complexity index is 2390. The zero-order chi connectivity index (χ0) is 33.8.